The number of hydrogen-bond donors (Lipinski definition) is 2. The molecular formula is C13H19N3OS. The summed E-state index contributed by atoms with van der Waals surface area (Å²) in [5.41, 5.74) is 1.04. The van der Waals surface area contributed by atoms with E-state index in [2.05, 4.69) is 21.0 Å². The molecular weight excluding hydrogens is 246 g/mol. The smallest absolute Gasteiger partial charge is 0.315 e. The molecule has 2 aliphatic carbocycles. The zero-order valence-corrected chi connectivity index (χ0v) is 11.4. The molecule has 2 N–H and O–H groups in total. The maximum absolute atomic E-state index is 11.9. The maximum atomic E-state index is 11.9. The number of aryl methyl sites for hydroxylation is 1. The van der Waals surface area contributed by atoms with Crippen molar-refractivity contribution in [1.82, 2.24) is 15.6 Å². The summed E-state index contributed by atoms with van der Waals surface area (Å²) >= 11 is 1.65. The Morgan fingerprint density at radius 2 is 2.28 bits per heavy atom. The van der Waals surface area contributed by atoms with E-state index in [-0.39, 0.29) is 12.1 Å². The summed E-state index contributed by atoms with van der Waals surface area (Å²) in [5.74, 6) is 1.31. The topological polar surface area (TPSA) is 54.0 Å². The van der Waals surface area contributed by atoms with Gasteiger partial charge in [0.25, 0.3) is 0 Å². The van der Waals surface area contributed by atoms with Crippen LogP contribution in [-0.4, -0.2) is 17.6 Å². The number of hydrogen-bond acceptors (Lipinski definition) is 3. The van der Waals surface area contributed by atoms with E-state index >= 15 is 0 Å². The molecule has 0 bridgehead atoms. The van der Waals surface area contributed by atoms with Gasteiger partial charge in [-0.1, -0.05) is 0 Å². The molecule has 0 radical (unpaired) electrons. The predicted molar refractivity (Wildman–Crippen MR) is 71.6 cm³/mol. The first-order chi connectivity index (χ1) is 8.72. The van der Waals surface area contributed by atoms with Crippen LogP contribution in [0.5, 0.6) is 0 Å². The summed E-state index contributed by atoms with van der Waals surface area (Å²) in [6.45, 7) is 2.82. The van der Waals surface area contributed by atoms with Crippen molar-refractivity contribution in [2.24, 2.45) is 11.8 Å². The Labute approximate surface area is 111 Å². The molecule has 1 heterocycles. The Balaban J connectivity index is 1.57. The first-order valence-electron chi connectivity index (χ1n) is 6.69. The molecule has 2 amide bonds. The Bertz CT molecular complexity index is 437. The van der Waals surface area contributed by atoms with Gasteiger partial charge in [0.2, 0.25) is 0 Å². The van der Waals surface area contributed by atoms with Crippen LogP contribution < -0.4 is 10.6 Å². The quantitative estimate of drug-likeness (QED) is 0.860. The minimum absolute atomic E-state index is 0.0355. The Kier molecular flexibility index (Phi) is 3.24. The van der Waals surface area contributed by atoms with Crippen molar-refractivity contribution in [3.8, 4) is 0 Å². The minimum atomic E-state index is -0.0355. The highest BCUT2D eigenvalue weighted by Gasteiger charge is 2.35. The number of amides is 2. The van der Waals surface area contributed by atoms with Crippen LogP contribution in [0, 0.1) is 18.8 Å². The first-order valence-corrected chi connectivity index (χ1v) is 7.56. The zero-order valence-electron chi connectivity index (χ0n) is 10.6. The largest absolute Gasteiger partial charge is 0.338 e. The van der Waals surface area contributed by atoms with Crippen molar-refractivity contribution in [2.45, 2.75) is 38.6 Å². The van der Waals surface area contributed by atoms with E-state index in [9.17, 15) is 4.79 Å². The van der Waals surface area contributed by atoms with Crippen LogP contribution in [-0.2, 0) is 0 Å². The number of carbonyl (C=O) groups excluding carboxylic acids is 1. The van der Waals surface area contributed by atoms with Crippen LogP contribution in [0.1, 0.15) is 42.4 Å². The molecule has 3 rings (SSSR count). The molecule has 0 unspecified atom stereocenters. The number of carbonyl (C=O) groups is 1. The number of aromatic nitrogens is 1. The maximum Gasteiger partial charge on any atom is 0.315 e. The van der Waals surface area contributed by atoms with Crippen molar-refractivity contribution in [3.05, 3.63) is 16.1 Å². The lowest BCUT2D eigenvalue weighted by Crippen LogP contribution is -2.39. The molecule has 5 heteroatoms. The van der Waals surface area contributed by atoms with Crippen LogP contribution in [0.25, 0.3) is 0 Å². The molecule has 2 saturated carbocycles. The highest BCUT2D eigenvalue weighted by molar-refractivity contribution is 7.09. The lowest BCUT2D eigenvalue weighted by molar-refractivity contribution is 0.235. The highest BCUT2D eigenvalue weighted by atomic mass is 32.1. The van der Waals surface area contributed by atoms with Gasteiger partial charge < -0.3 is 10.6 Å². The van der Waals surface area contributed by atoms with Gasteiger partial charge in [-0.3, -0.25) is 0 Å². The van der Waals surface area contributed by atoms with Gasteiger partial charge in [0, 0.05) is 17.6 Å². The average molecular weight is 265 g/mol. The zero-order chi connectivity index (χ0) is 12.5. The fraction of sp³-hybridized carbons (Fsp3) is 0.692. The normalized spacial score (nSPS) is 20.5. The number of urea groups is 1. The number of rotatable bonds is 5. The van der Waals surface area contributed by atoms with Gasteiger partial charge in [0.05, 0.1) is 6.04 Å². The third-order valence-corrected chi connectivity index (χ3v) is 4.58. The van der Waals surface area contributed by atoms with Crippen LogP contribution in [0.4, 0.5) is 4.79 Å². The van der Waals surface area contributed by atoms with Crippen molar-refractivity contribution in [3.63, 3.8) is 0 Å². The van der Waals surface area contributed by atoms with E-state index < -0.39 is 0 Å². The monoisotopic (exact) mass is 265 g/mol. The van der Waals surface area contributed by atoms with Gasteiger partial charge in [-0.25, -0.2) is 9.78 Å². The molecule has 1 atom stereocenters. The van der Waals surface area contributed by atoms with E-state index in [1.54, 1.807) is 11.3 Å². The highest BCUT2D eigenvalue weighted by Crippen LogP contribution is 2.41. The molecule has 1 aromatic heterocycles. The lowest BCUT2D eigenvalue weighted by atomic mass is 10.2. The van der Waals surface area contributed by atoms with Crippen LogP contribution in [0.3, 0.4) is 0 Å². The molecule has 0 aromatic carbocycles. The molecule has 0 spiro atoms. The third-order valence-electron chi connectivity index (χ3n) is 3.53. The summed E-state index contributed by atoms with van der Waals surface area (Å²) in [6, 6.07) is 0.0783. The van der Waals surface area contributed by atoms with Crippen molar-refractivity contribution in [2.75, 3.05) is 6.54 Å². The van der Waals surface area contributed by atoms with Gasteiger partial charge in [0.15, 0.2) is 0 Å². The van der Waals surface area contributed by atoms with Gasteiger partial charge in [-0.15, -0.1) is 11.3 Å². The lowest BCUT2D eigenvalue weighted by Gasteiger charge is -2.16. The minimum Gasteiger partial charge on any atom is -0.338 e. The molecule has 2 fully saturated rings. The van der Waals surface area contributed by atoms with Crippen molar-refractivity contribution >= 4 is 17.4 Å². The van der Waals surface area contributed by atoms with Crippen molar-refractivity contribution < 1.29 is 4.79 Å². The van der Waals surface area contributed by atoms with Gasteiger partial charge >= 0.3 is 6.03 Å². The molecule has 98 valence electrons. The molecule has 18 heavy (non-hydrogen) atoms. The molecule has 2 aliphatic rings. The van der Waals surface area contributed by atoms with E-state index in [0.717, 1.165) is 23.2 Å². The van der Waals surface area contributed by atoms with Gasteiger partial charge in [-0.2, -0.15) is 0 Å². The molecule has 1 aromatic rings. The summed E-state index contributed by atoms with van der Waals surface area (Å²) in [5, 5.41) is 9.15. The second-order valence-electron chi connectivity index (χ2n) is 5.44. The van der Waals surface area contributed by atoms with Crippen LogP contribution in [0.15, 0.2) is 5.38 Å². The first kappa shape index (κ1) is 12.0. The standard InChI is InChI=1S/C13H19N3OS/c1-8-7-18-12(15-8)11(10-4-5-10)16-13(17)14-6-9-2-3-9/h7,9-11H,2-6H2,1H3,(H2,14,16,17)/t11-/m1/s1. The summed E-state index contributed by atoms with van der Waals surface area (Å²) < 4.78 is 0. The third kappa shape index (κ3) is 3.02. The van der Waals surface area contributed by atoms with E-state index in [0.29, 0.717) is 5.92 Å². The molecule has 0 saturated heterocycles. The summed E-state index contributed by atoms with van der Waals surface area (Å²) in [7, 11) is 0. The Morgan fingerprint density at radius 3 is 2.83 bits per heavy atom. The number of thiazole rings is 1. The van der Waals surface area contributed by atoms with Gasteiger partial charge in [-0.05, 0) is 44.4 Å². The number of nitrogens with one attached hydrogen (secondary N) is 2. The average Bonchev–Trinajstić information content (AvgIpc) is 3.23. The van der Waals surface area contributed by atoms with Gasteiger partial charge in [0.1, 0.15) is 5.01 Å². The van der Waals surface area contributed by atoms with E-state index in [1.807, 2.05) is 6.92 Å². The number of nitrogens with zero attached hydrogens (tertiary/aromatic N) is 1. The van der Waals surface area contributed by atoms with Crippen LogP contribution in [0.2, 0.25) is 0 Å². The SMILES string of the molecule is Cc1csc([C@H](NC(=O)NCC2CC2)C2CC2)n1. The van der Waals surface area contributed by atoms with E-state index in [1.165, 1.54) is 25.7 Å². The second kappa shape index (κ2) is 4.88. The Hall–Kier alpha value is -1.10. The fourth-order valence-corrected chi connectivity index (χ4v) is 3.02. The van der Waals surface area contributed by atoms with Crippen molar-refractivity contribution in [1.29, 1.82) is 0 Å². The molecule has 4 nitrogen and oxygen atoms in total. The second-order valence-corrected chi connectivity index (χ2v) is 6.33. The fourth-order valence-electron chi connectivity index (χ4n) is 2.08. The van der Waals surface area contributed by atoms with Crippen LogP contribution >= 0.6 is 11.3 Å². The summed E-state index contributed by atoms with van der Waals surface area (Å²) in [6.07, 6.45) is 4.93. The molecule has 0 aliphatic heterocycles. The summed E-state index contributed by atoms with van der Waals surface area (Å²) in [4.78, 5) is 16.4. The Morgan fingerprint density at radius 1 is 1.50 bits per heavy atom. The predicted octanol–water partition coefficient (Wildman–Crippen LogP) is 2.61. The van der Waals surface area contributed by atoms with E-state index in [4.69, 9.17) is 0 Å².